The molecule has 1 aliphatic heterocycles. The molecule has 0 saturated heterocycles. The maximum absolute atomic E-state index is 13.2. The number of hydrogen-bond donors (Lipinski definition) is 0. The normalized spacial score (nSPS) is 15.9. The SMILES string of the molecule is C=CCn1c(SCC(=O)N2N=C(c3ccco3)CC2c2ccco2)nc2sccc2c1=O. The van der Waals surface area contributed by atoms with E-state index < -0.39 is 0 Å². The van der Waals surface area contributed by atoms with E-state index in [0.717, 1.165) is 0 Å². The number of hydrazone groups is 1. The van der Waals surface area contributed by atoms with Gasteiger partial charge in [0, 0.05) is 13.0 Å². The maximum atomic E-state index is 13.2. The quantitative estimate of drug-likeness (QED) is 0.229. The van der Waals surface area contributed by atoms with Crippen molar-refractivity contribution in [3.63, 3.8) is 0 Å². The van der Waals surface area contributed by atoms with Crippen LogP contribution < -0.4 is 5.56 Å². The minimum absolute atomic E-state index is 0.0621. The van der Waals surface area contributed by atoms with Crippen molar-refractivity contribution >= 4 is 44.9 Å². The number of aromatic nitrogens is 2. The van der Waals surface area contributed by atoms with Crippen molar-refractivity contribution in [3.05, 3.63) is 82.8 Å². The van der Waals surface area contributed by atoms with E-state index in [1.54, 1.807) is 36.8 Å². The number of amides is 1. The monoisotopic (exact) mass is 466 g/mol. The van der Waals surface area contributed by atoms with Gasteiger partial charge in [0.2, 0.25) is 0 Å². The first-order chi connectivity index (χ1) is 15.7. The van der Waals surface area contributed by atoms with Gasteiger partial charge in [-0.1, -0.05) is 17.8 Å². The Labute approximate surface area is 190 Å². The van der Waals surface area contributed by atoms with Crippen LogP contribution >= 0.6 is 23.1 Å². The summed E-state index contributed by atoms with van der Waals surface area (Å²) in [6.07, 6.45) is 5.27. The van der Waals surface area contributed by atoms with Crippen molar-refractivity contribution in [2.24, 2.45) is 5.10 Å². The lowest BCUT2D eigenvalue weighted by Gasteiger charge is -2.19. The molecule has 4 aromatic rings. The molecule has 5 rings (SSSR count). The molecule has 1 amide bonds. The smallest absolute Gasteiger partial charge is 0.263 e. The van der Waals surface area contributed by atoms with Crippen LogP contribution in [0.2, 0.25) is 0 Å². The van der Waals surface area contributed by atoms with Gasteiger partial charge in [0.1, 0.15) is 28.1 Å². The third-order valence-corrected chi connectivity index (χ3v) is 6.80. The average molecular weight is 467 g/mol. The molecule has 32 heavy (non-hydrogen) atoms. The number of furan rings is 2. The van der Waals surface area contributed by atoms with Crippen molar-refractivity contribution < 1.29 is 13.6 Å². The molecule has 8 nitrogen and oxygen atoms in total. The standard InChI is InChI=1S/C22H18N4O4S2/c1-2-8-25-21(28)14-7-11-31-20(14)23-22(25)32-13-19(27)26-16(18-6-4-10-30-18)12-15(24-26)17-5-3-9-29-17/h2-7,9-11,16H,1,8,12-13H2. The molecule has 0 radical (unpaired) electrons. The molecule has 0 aromatic carbocycles. The number of carbonyl (C=O) groups excluding carboxylic acids is 1. The first-order valence-corrected chi connectivity index (χ1v) is 11.7. The highest BCUT2D eigenvalue weighted by Crippen LogP contribution is 2.34. The summed E-state index contributed by atoms with van der Waals surface area (Å²) < 4.78 is 12.6. The summed E-state index contributed by atoms with van der Waals surface area (Å²) in [5, 5.41) is 8.84. The van der Waals surface area contributed by atoms with Crippen LogP contribution in [0.3, 0.4) is 0 Å². The molecule has 10 heteroatoms. The molecular weight excluding hydrogens is 448 g/mol. The second-order valence-electron chi connectivity index (χ2n) is 7.02. The van der Waals surface area contributed by atoms with Crippen LogP contribution in [0.25, 0.3) is 10.2 Å². The summed E-state index contributed by atoms with van der Waals surface area (Å²) in [5.74, 6) is 1.11. The zero-order chi connectivity index (χ0) is 22.1. The Morgan fingerprint density at radius 3 is 2.88 bits per heavy atom. The largest absolute Gasteiger partial charge is 0.467 e. The third kappa shape index (κ3) is 3.71. The lowest BCUT2D eigenvalue weighted by atomic mass is 10.1. The van der Waals surface area contributed by atoms with Gasteiger partial charge in [-0.15, -0.1) is 17.9 Å². The van der Waals surface area contributed by atoms with E-state index in [-0.39, 0.29) is 23.3 Å². The molecule has 0 bridgehead atoms. The van der Waals surface area contributed by atoms with Crippen molar-refractivity contribution in [1.82, 2.24) is 14.6 Å². The Balaban J connectivity index is 1.42. The molecule has 4 aromatic heterocycles. The van der Waals surface area contributed by atoms with E-state index >= 15 is 0 Å². The summed E-state index contributed by atoms with van der Waals surface area (Å²) in [6, 6.07) is 8.61. The molecule has 0 spiro atoms. The molecule has 1 aliphatic rings. The second-order valence-corrected chi connectivity index (χ2v) is 8.86. The molecule has 0 N–H and O–H groups in total. The summed E-state index contributed by atoms with van der Waals surface area (Å²) in [6.45, 7) is 4.04. The van der Waals surface area contributed by atoms with Crippen molar-refractivity contribution in [1.29, 1.82) is 0 Å². The topological polar surface area (TPSA) is 93.8 Å². The van der Waals surface area contributed by atoms with Crippen LogP contribution in [0.1, 0.15) is 24.0 Å². The van der Waals surface area contributed by atoms with E-state index in [4.69, 9.17) is 8.83 Å². The highest BCUT2D eigenvalue weighted by atomic mass is 32.2. The molecule has 5 heterocycles. The van der Waals surface area contributed by atoms with Gasteiger partial charge in [-0.3, -0.25) is 14.2 Å². The van der Waals surface area contributed by atoms with Crippen LogP contribution in [0.4, 0.5) is 0 Å². The molecule has 0 aliphatic carbocycles. The van der Waals surface area contributed by atoms with Crippen molar-refractivity contribution in [3.8, 4) is 0 Å². The van der Waals surface area contributed by atoms with Crippen LogP contribution in [-0.4, -0.2) is 31.9 Å². The summed E-state index contributed by atoms with van der Waals surface area (Å²) in [7, 11) is 0. The highest BCUT2D eigenvalue weighted by Gasteiger charge is 2.35. The van der Waals surface area contributed by atoms with Crippen LogP contribution in [0.15, 0.2) is 84.8 Å². The molecule has 162 valence electrons. The van der Waals surface area contributed by atoms with Crippen LogP contribution in [0.5, 0.6) is 0 Å². The van der Waals surface area contributed by atoms with Gasteiger partial charge in [-0.25, -0.2) is 9.99 Å². The van der Waals surface area contributed by atoms with Gasteiger partial charge in [-0.2, -0.15) is 5.10 Å². The highest BCUT2D eigenvalue weighted by molar-refractivity contribution is 7.99. The minimum atomic E-state index is -0.360. The lowest BCUT2D eigenvalue weighted by molar-refractivity contribution is -0.130. The summed E-state index contributed by atoms with van der Waals surface area (Å²) >= 11 is 2.60. The number of fused-ring (bicyclic) bond motifs is 1. The van der Waals surface area contributed by atoms with Crippen molar-refractivity contribution in [2.75, 3.05) is 5.75 Å². The number of thiophene rings is 1. The predicted octanol–water partition coefficient (Wildman–Crippen LogP) is 4.30. The minimum Gasteiger partial charge on any atom is -0.467 e. The number of hydrogen-bond acceptors (Lipinski definition) is 8. The molecule has 1 unspecified atom stereocenters. The first-order valence-electron chi connectivity index (χ1n) is 9.84. The second kappa shape index (κ2) is 8.64. The number of rotatable bonds is 7. The summed E-state index contributed by atoms with van der Waals surface area (Å²) in [4.78, 5) is 31.3. The van der Waals surface area contributed by atoms with Crippen LogP contribution in [-0.2, 0) is 11.3 Å². The Bertz CT molecular complexity index is 1350. The van der Waals surface area contributed by atoms with Gasteiger partial charge < -0.3 is 8.83 Å². The fraction of sp³-hybridized carbons (Fsp3) is 0.182. The fourth-order valence-corrected chi connectivity index (χ4v) is 5.22. The van der Waals surface area contributed by atoms with Crippen LogP contribution in [0, 0.1) is 0 Å². The van der Waals surface area contributed by atoms with Gasteiger partial charge in [0.05, 0.1) is 23.7 Å². The van der Waals surface area contributed by atoms with E-state index in [2.05, 4.69) is 16.7 Å². The summed E-state index contributed by atoms with van der Waals surface area (Å²) in [5.41, 5.74) is 0.537. The number of nitrogens with zero attached hydrogens (tertiary/aromatic N) is 4. The first kappa shape index (κ1) is 20.5. The van der Waals surface area contributed by atoms with E-state index in [9.17, 15) is 9.59 Å². The number of thioether (sulfide) groups is 1. The fourth-order valence-electron chi connectivity index (χ4n) is 3.56. The molecular formula is C22H18N4O4S2. The maximum Gasteiger partial charge on any atom is 0.263 e. The zero-order valence-corrected chi connectivity index (χ0v) is 18.5. The number of allylic oxidation sites excluding steroid dienone is 1. The number of carbonyl (C=O) groups is 1. The van der Waals surface area contributed by atoms with E-state index in [1.165, 1.54) is 32.7 Å². The molecule has 0 fully saturated rings. The Hall–Kier alpha value is -3.37. The van der Waals surface area contributed by atoms with Gasteiger partial charge >= 0.3 is 0 Å². The third-order valence-electron chi connectivity index (χ3n) is 5.03. The van der Waals surface area contributed by atoms with E-state index in [1.807, 2.05) is 17.5 Å². The average Bonchev–Trinajstić information content (AvgIpc) is 3.60. The van der Waals surface area contributed by atoms with Gasteiger partial charge in [0.25, 0.3) is 11.5 Å². The Morgan fingerprint density at radius 2 is 2.12 bits per heavy atom. The van der Waals surface area contributed by atoms with E-state index in [0.29, 0.717) is 45.6 Å². The van der Waals surface area contributed by atoms with Crippen molar-refractivity contribution in [2.45, 2.75) is 24.2 Å². The zero-order valence-electron chi connectivity index (χ0n) is 16.8. The molecule has 1 atom stereocenters. The lowest BCUT2D eigenvalue weighted by Crippen LogP contribution is -2.29. The predicted molar refractivity (Wildman–Crippen MR) is 123 cm³/mol. The van der Waals surface area contributed by atoms with Gasteiger partial charge in [0.15, 0.2) is 5.16 Å². The molecule has 0 saturated carbocycles. The Kier molecular flexibility index (Phi) is 5.54. The Morgan fingerprint density at radius 1 is 1.28 bits per heavy atom. The van der Waals surface area contributed by atoms with Gasteiger partial charge in [-0.05, 0) is 35.7 Å².